The van der Waals surface area contributed by atoms with Crippen LogP contribution in [-0.2, 0) is 32.8 Å². The van der Waals surface area contributed by atoms with Crippen molar-refractivity contribution in [3.63, 3.8) is 0 Å². The van der Waals surface area contributed by atoms with Crippen molar-refractivity contribution in [1.29, 1.82) is 0 Å². The SMILES string of the molecule is CC(C)OCc1ccccc1CNS(=O)(=O)N1CC(C)OC(C)C1. The van der Waals surface area contributed by atoms with E-state index in [2.05, 4.69) is 4.72 Å². The highest BCUT2D eigenvalue weighted by Crippen LogP contribution is 2.15. The summed E-state index contributed by atoms with van der Waals surface area (Å²) in [5, 5.41) is 0. The Morgan fingerprint density at radius 3 is 2.38 bits per heavy atom. The first-order chi connectivity index (χ1) is 11.3. The van der Waals surface area contributed by atoms with Crippen molar-refractivity contribution in [2.24, 2.45) is 0 Å². The first-order valence-corrected chi connectivity index (χ1v) is 9.80. The molecule has 0 saturated carbocycles. The third-order valence-electron chi connectivity index (χ3n) is 3.86. The van der Waals surface area contributed by atoms with Gasteiger partial charge in [-0.1, -0.05) is 24.3 Å². The molecule has 0 spiro atoms. The molecular formula is C17H28N2O4S. The molecule has 1 aromatic rings. The van der Waals surface area contributed by atoms with Crippen LogP contribution < -0.4 is 4.72 Å². The number of ether oxygens (including phenoxy) is 2. The second-order valence-corrected chi connectivity index (χ2v) is 8.28. The van der Waals surface area contributed by atoms with E-state index >= 15 is 0 Å². The number of hydrogen-bond acceptors (Lipinski definition) is 4. The van der Waals surface area contributed by atoms with Crippen molar-refractivity contribution in [2.45, 2.75) is 59.2 Å². The van der Waals surface area contributed by atoms with Crippen molar-refractivity contribution in [1.82, 2.24) is 9.03 Å². The molecule has 1 fully saturated rings. The Labute approximate surface area is 145 Å². The third kappa shape index (κ3) is 5.53. The quantitative estimate of drug-likeness (QED) is 0.812. The van der Waals surface area contributed by atoms with Crippen LogP contribution in [-0.4, -0.2) is 44.1 Å². The van der Waals surface area contributed by atoms with Gasteiger partial charge in [0.15, 0.2) is 0 Å². The maximum Gasteiger partial charge on any atom is 0.279 e. The summed E-state index contributed by atoms with van der Waals surface area (Å²) in [7, 11) is -3.53. The van der Waals surface area contributed by atoms with E-state index in [1.54, 1.807) is 0 Å². The van der Waals surface area contributed by atoms with Crippen LogP contribution in [0.1, 0.15) is 38.8 Å². The molecule has 2 rings (SSSR count). The summed E-state index contributed by atoms with van der Waals surface area (Å²) in [6.07, 6.45) is -0.0693. The normalized spacial score (nSPS) is 22.9. The van der Waals surface area contributed by atoms with Gasteiger partial charge < -0.3 is 9.47 Å². The Kier molecular flexibility index (Phi) is 6.77. The van der Waals surface area contributed by atoms with Crippen molar-refractivity contribution in [2.75, 3.05) is 13.1 Å². The standard InChI is InChI=1S/C17H28N2O4S/c1-13(2)22-12-17-8-6-5-7-16(17)9-18-24(20,21)19-10-14(3)23-15(4)11-19/h5-8,13-15,18H,9-12H2,1-4H3. The lowest BCUT2D eigenvalue weighted by molar-refractivity contribution is -0.0444. The molecule has 2 unspecified atom stereocenters. The summed E-state index contributed by atoms with van der Waals surface area (Å²) in [6, 6.07) is 7.72. The second kappa shape index (κ2) is 8.40. The Balaban J connectivity index is 2.01. The van der Waals surface area contributed by atoms with Crippen molar-refractivity contribution in [3.8, 4) is 0 Å². The van der Waals surface area contributed by atoms with E-state index in [0.29, 0.717) is 19.7 Å². The van der Waals surface area contributed by atoms with E-state index in [0.717, 1.165) is 11.1 Å². The van der Waals surface area contributed by atoms with Crippen LogP contribution in [0.25, 0.3) is 0 Å². The average Bonchev–Trinajstić information content (AvgIpc) is 2.50. The molecule has 1 aliphatic heterocycles. The second-order valence-electron chi connectivity index (χ2n) is 6.53. The number of hydrogen-bond donors (Lipinski definition) is 1. The van der Waals surface area contributed by atoms with Crippen LogP contribution in [0.5, 0.6) is 0 Å². The van der Waals surface area contributed by atoms with Gasteiger partial charge in [0.25, 0.3) is 10.2 Å². The van der Waals surface area contributed by atoms with Gasteiger partial charge in [0.05, 0.1) is 24.9 Å². The molecule has 0 aliphatic carbocycles. The minimum atomic E-state index is -3.53. The van der Waals surface area contributed by atoms with E-state index in [1.165, 1.54) is 4.31 Å². The molecule has 2 atom stereocenters. The molecule has 0 aromatic heterocycles. The zero-order chi connectivity index (χ0) is 17.7. The predicted octanol–water partition coefficient (Wildman–Crippen LogP) is 2.06. The molecule has 0 bridgehead atoms. The van der Waals surface area contributed by atoms with Crippen LogP contribution in [0, 0.1) is 0 Å². The highest BCUT2D eigenvalue weighted by Gasteiger charge is 2.30. The molecule has 136 valence electrons. The van der Waals surface area contributed by atoms with Crippen LogP contribution in [0.4, 0.5) is 0 Å². The molecule has 24 heavy (non-hydrogen) atoms. The summed E-state index contributed by atoms with van der Waals surface area (Å²) >= 11 is 0. The lowest BCUT2D eigenvalue weighted by Gasteiger charge is -2.34. The highest BCUT2D eigenvalue weighted by atomic mass is 32.2. The van der Waals surface area contributed by atoms with E-state index in [1.807, 2.05) is 52.0 Å². The predicted molar refractivity (Wildman–Crippen MR) is 93.7 cm³/mol. The number of rotatable bonds is 7. The minimum absolute atomic E-state index is 0.1000. The molecule has 6 nitrogen and oxygen atoms in total. The molecule has 7 heteroatoms. The molecule has 1 aromatic carbocycles. The zero-order valence-corrected chi connectivity index (χ0v) is 15.7. The summed E-state index contributed by atoms with van der Waals surface area (Å²) in [5.41, 5.74) is 1.92. The fourth-order valence-electron chi connectivity index (χ4n) is 2.71. The van der Waals surface area contributed by atoms with E-state index in [-0.39, 0.29) is 24.9 Å². The molecule has 1 saturated heterocycles. The van der Waals surface area contributed by atoms with Gasteiger partial charge in [-0.2, -0.15) is 17.4 Å². The van der Waals surface area contributed by atoms with Gasteiger partial charge in [-0.3, -0.25) is 0 Å². The largest absolute Gasteiger partial charge is 0.374 e. The van der Waals surface area contributed by atoms with Gasteiger partial charge in [0, 0.05) is 19.6 Å². The van der Waals surface area contributed by atoms with Gasteiger partial charge in [-0.15, -0.1) is 0 Å². The smallest absolute Gasteiger partial charge is 0.279 e. The number of nitrogens with zero attached hydrogens (tertiary/aromatic N) is 1. The van der Waals surface area contributed by atoms with Crippen LogP contribution in [0.15, 0.2) is 24.3 Å². The third-order valence-corrected chi connectivity index (χ3v) is 5.35. The van der Waals surface area contributed by atoms with Gasteiger partial charge in [0.2, 0.25) is 0 Å². The lowest BCUT2D eigenvalue weighted by atomic mass is 10.1. The Morgan fingerprint density at radius 2 is 1.79 bits per heavy atom. The van der Waals surface area contributed by atoms with Gasteiger partial charge in [-0.05, 0) is 38.8 Å². The molecule has 0 amide bonds. The summed E-state index contributed by atoms with van der Waals surface area (Å²) < 4.78 is 40.5. The van der Waals surface area contributed by atoms with Crippen molar-refractivity contribution in [3.05, 3.63) is 35.4 Å². The van der Waals surface area contributed by atoms with Crippen LogP contribution >= 0.6 is 0 Å². The first kappa shape index (κ1) is 19.3. The first-order valence-electron chi connectivity index (χ1n) is 8.36. The van der Waals surface area contributed by atoms with Gasteiger partial charge in [-0.25, -0.2) is 0 Å². The number of morpholine rings is 1. The van der Waals surface area contributed by atoms with Gasteiger partial charge in [0.1, 0.15) is 0 Å². The van der Waals surface area contributed by atoms with Crippen molar-refractivity contribution >= 4 is 10.2 Å². The molecule has 1 heterocycles. The van der Waals surface area contributed by atoms with E-state index in [9.17, 15) is 8.42 Å². The average molecular weight is 356 g/mol. The summed E-state index contributed by atoms with van der Waals surface area (Å²) in [5.74, 6) is 0. The monoisotopic (exact) mass is 356 g/mol. The molecule has 0 radical (unpaired) electrons. The topological polar surface area (TPSA) is 67.9 Å². The van der Waals surface area contributed by atoms with E-state index < -0.39 is 10.2 Å². The van der Waals surface area contributed by atoms with Crippen molar-refractivity contribution < 1.29 is 17.9 Å². The maximum absolute atomic E-state index is 12.6. The zero-order valence-electron chi connectivity index (χ0n) is 14.9. The summed E-state index contributed by atoms with van der Waals surface area (Å²) in [6.45, 7) is 9.20. The fraction of sp³-hybridized carbons (Fsp3) is 0.647. The Hall–Kier alpha value is -0.990. The van der Waals surface area contributed by atoms with Gasteiger partial charge >= 0.3 is 0 Å². The summed E-state index contributed by atoms with van der Waals surface area (Å²) in [4.78, 5) is 0. The Morgan fingerprint density at radius 1 is 1.21 bits per heavy atom. The Bertz CT molecular complexity index is 623. The lowest BCUT2D eigenvalue weighted by Crippen LogP contribution is -2.51. The fourth-order valence-corrected chi connectivity index (χ4v) is 4.05. The maximum atomic E-state index is 12.6. The number of nitrogens with one attached hydrogen (secondary N) is 1. The molecule has 1 N–H and O–H groups in total. The molecule has 1 aliphatic rings. The minimum Gasteiger partial charge on any atom is -0.374 e. The number of benzene rings is 1. The van der Waals surface area contributed by atoms with Crippen LogP contribution in [0.3, 0.4) is 0 Å². The molecular weight excluding hydrogens is 328 g/mol. The highest BCUT2D eigenvalue weighted by molar-refractivity contribution is 7.87. The van der Waals surface area contributed by atoms with Crippen LogP contribution in [0.2, 0.25) is 0 Å². The van der Waals surface area contributed by atoms with E-state index in [4.69, 9.17) is 9.47 Å².